The Morgan fingerprint density at radius 1 is 1.28 bits per heavy atom. The molecule has 2 unspecified atom stereocenters. The quantitative estimate of drug-likeness (QED) is 0.848. The summed E-state index contributed by atoms with van der Waals surface area (Å²) in [7, 11) is 2.07. The lowest BCUT2D eigenvalue weighted by atomic mass is 9.92. The van der Waals surface area contributed by atoms with Gasteiger partial charge in [-0.15, -0.1) is 0 Å². The van der Waals surface area contributed by atoms with Crippen molar-refractivity contribution >= 4 is 0 Å². The predicted octanol–water partition coefficient (Wildman–Crippen LogP) is 2.71. The van der Waals surface area contributed by atoms with E-state index in [9.17, 15) is 0 Å². The highest BCUT2D eigenvalue weighted by Gasteiger charge is 2.31. The molecule has 1 fully saturated rings. The van der Waals surface area contributed by atoms with E-state index >= 15 is 0 Å². The van der Waals surface area contributed by atoms with E-state index in [2.05, 4.69) is 78.2 Å². The van der Waals surface area contributed by atoms with Crippen molar-refractivity contribution in [2.24, 2.45) is 13.0 Å². The molecule has 0 bridgehead atoms. The average Bonchev–Trinajstić information content (AvgIpc) is 3.19. The van der Waals surface area contributed by atoms with E-state index < -0.39 is 0 Å². The summed E-state index contributed by atoms with van der Waals surface area (Å²) >= 11 is 0. The fraction of sp³-hybridized carbons (Fsp3) is 0.550. The second-order valence-electron chi connectivity index (χ2n) is 7.58. The van der Waals surface area contributed by atoms with Crippen molar-refractivity contribution in [1.29, 1.82) is 0 Å². The molecule has 25 heavy (non-hydrogen) atoms. The normalized spacial score (nSPS) is 20.8. The van der Waals surface area contributed by atoms with Gasteiger partial charge in [-0.1, -0.05) is 18.2 Å². The summed E-state index contributed by atoms with van der Waals surface area (Å²) in [6.07, 6.45) is 3.90. The number of benzene rings is 1. The number of nitrogens with zero attached hydrogens (tertiary/aromatic N) is 3. The third kappa shape index (κ3) is 4.11. The van der Waals surface area contributed by atoms with Gasteiger partial charge >= 0.3 is 0 Å². The molecule has 0 aliphatic carbocycles. The van der Waals surface area contributed by atoms with Crippen LogP contribution in [0.5, 0.6) is 0 Å². The van der Waals surface area contributed by atoms with Crippen LogP contribution < -0.4 is 10.9 Å². The summed E-state index contributed by atoms with van der Waals surface area (Å²) in [5.74, 6) is 1.65. The number of nitrogens with one attached hydrogen (secondary N) is 2. The van der Waals surface area contributed by atoms with E-state index in [1.54, 1.807) is 0 Å². The van der Waals surface area contributed by atoms with Crippen LogP contribution in [-0.2, 0) is 13.6 Å². The van der Waals surface area contributed by atoms with Gasteiger partial charge in [0.2, 0.25) is 0 Å². The summed E-state index contributed by atoms with van der Waals surface area (Å²) in [6.45, 7) is 11.8. The van der Waals surface area contributed by atoms with E-state index in [-0.39, 0.29) is 0 Å². The lowest BCUT2D eigenvalue weighted by Gasteiger charge is -2.31. The molecular formula is C20H31N5. The van der Waals surface area contributed by atoms with Gasteiger partial charge in [0.15, 0.2) is 0 Å². The summed E-state index contributed by atoms with van der Waals surface area (Å²) in [6, 6.07) is 7.65. The highest BCUT2D eigenvalue weighted by molar-refractivity contribution is 5.32. The van der Waals surface area contributed by atoms with Crippen molar-refractivity contribution in [1.82, 2.24) is 25.3 Å². The minimum absolute atomic E-state index is 0.349. The molecule has 1 saturated heterocycles. The second-order valence-corrected chi connectivity index (χ2v) is 7.58. The van der Waals surface area contributed by atoms with Gasteiger partial charge in [0.05, 0.1) is 12.6 Å². The minimum Gasteiger partial charge on any atom is -0.337 e. The monoisotopic (exact) mass is 341 g/mol. The van der Waals surface area contributed by atoms with E-state index in [1.807, 2.05) is 12.4 Å². The lowest BCUT2D eigenvalue weighted by Crippen LogP contribution is -2.38. The fourth-order valence-corrected chi connectivity index (χ4v) is 3.51. The third-order valence-corrected chi connectivity index (χ3v) is 5.45. The highest BCUT2D eigenvalue weighted by Crippen LogP contribution is 2.28. The molecule has 1 aliphatic rings. The summed E-state index contributed by atoms with van der Waals surface area (Å²) < 4.78 is 2.11. The average molecular weight is 342 g/mol. The Hall–Kier alpha value is -1.69. The van der Waals surface area contributed by atoms with Crippen LogP contribution in [0, 0.1) is 19.8 Å². The SMILES string of the molecule is Cc1ccc(C2NNCC2CN(Cc2nccn2C)C(C)C)cc1C. The molecule has 3 rings (SSSR count). The maximum atomic E-state index is 4.50. The van der Waals surface area contributed by atoms with Crippen molar-refractivity contribution in [3.63, 3.8) is 0 Å². The number of aromatic nitrogens is 2. The third-order valence-electron chi connectivity index (χ3n) is 5.45. The fourth-order valence-electron chi connectivity index (χ4n) is 3.51. The van der Waals surface area contributed by atoms with Crippen LogP contribution >= 0.6 is 0 Å². The topological polar surface area (TPSA) is 45.1 Å². The van der Waals surface area contributed by atoms with Crippen LogP contribution in [0.25, 0.3) is 0 Å². The molecule has 0 spiro atoms. The molecule has 2 N–H and O–H groups in total. The van der Waals surface area contributed by atoms with E-state index in [0.717, 1.165) is 25.5 Å². The van der Waals surface area contributed by atoms with Crippen molar-refractivity contribution in [2.75, 3.05) is 13.1 Å². The standard InChI is InChI=1S/C20H31N5/c1-14(2)25(13-19-21-8-9-24(19)5)12-18-11-22-23-20(18)17-7-6-15(3)16(4)10-17/h6-10,14,18,20,22-23H,11-13H2,1-5H3. The maximum absolute atomic E-state index is 4.50. The molecule has 5 heteroatoms. The van der Waals surface area contributed by atoms with Crippen molar-refractivity contribution < 1.29 is 0 Å². The van der Waals surface area contributed by atoms with Crippen LogP contribution in [-0.4, -0.2) is 33.6 Å². The van der Waals surface area contributed by atoms with Crippen molar-refractivity contribution in [2.45, 2.75) is 46.3 Å². The summed E-state index contributed by atoms with van der Waals surface area (Å²) in [5.41, 5.74) is 10.9. The van der Waals surface area contributed by atoms with Crippen LogP contribution in [0.4, 0.5) is 0 Å². The molecule has 136 valence electrons. The van der Waals surface area contributed by atoms with E-state index in [1.165, 1.54) is 16.7 Å². The largest absolute Gasteiger partial charge is 0.337 e. The first-order valence-corrected chi connectivity index (χ1v) is 9.21. The van der Waals surface area contributed by atoms with Gasteiger partial charge in [-0.25, -0.2) is 10.4 Å². The predicted molar refractivity (Wildman–Crippen MR) is 102 cm³/mol. The summed E-state index contributed by atoms with van der Waals surface area (Å²) in [5, 5.41) is 0. The molecule has 5 nitrogen and oxygen atoms in total. The lowest BCUT2D eigenvalue weighted by molar-refractivity contribution is 0.170. The zero-order chi connectivity index (χ0) is 18.0. The Labute approximate surface area is 151 Å². The van der Waals surface area contributed by atoms with Crippen molar-refractivity contribution in [3.8, 4) is 0 Å². The van der Waals surface area contributed by atoms with Gasteiger partial charge in [0.1, 0.15) is 5.82 Å². The van der Waals surface area contributed by atoms with Crippen LogP contribution in [0.2, 0.25) is 0 Å². The van der Waals surface area contributed by atoms with Gasteiger partial charge in [0, 0.05) is 44.5 Å². The first-order chi connectivity index (χ1) is 12.0. The molecule has 0 saturated carbocycles. The van der Waals surface area contributed by atoms with Gasteiger partial charge in [-0.3, -0.25) is 10.3 Å². The Balaban J connectivity index is 1.74. The molecule has 2 heterocycles. The molecule has 1 aliphatic heterocycles. The molecule has 1 aromatic heterocycles. The van der Waals surface area contributed by atoms with E-state index in [4.69, 9.17) is 0 Å². The molecule has 2 atom stereocenters. The Morgan fingerprint density at radius 2 is 2.08 bits per heavy atom. The van der Waals surface area contributed by atoms with E-state index in [0.29, 0.717) is 18.0 Å². The highest BCUT2D eigenvalue weighted by atomic mass is 15.4. The number of rotatable bonds is 6. The van der Waals surface area contributed by atoms with Crippen LogP contribution in [0.3, 0.4) is 0 Å². The number of hydrogen-bond donors (Lipinski definition) is 2. The van der Waals surface area contributed by atoms with Gasteiger partial charge < -0.3 is 4.57 Å². The Bertz CT molecular complexity index is 706. The van der Waals surface area contributed by atoms with Gasteiger partial charge in [-0.05, 0) is 44.4 Å². The number of hydrazine groups is 1. The number of imidazole rings is 1. The Kier molecular flexibility index (Phi) is 5.57. The molecule has 2 aromatic rings. The van der Waals surface area contributed by atoms with Gasteiger partial charge in [0.25, 0.3) is 0 Å². The second kappa shape index (κ2) is 7.68. The first kappa shape index (κ1) is 18.1. The summed E-state index contributed by atoms with van der Waals surface area (Å²) in [4.78, 5) is 7.02. The van der Waals surface area contributed by atoms with Gasteiger partial charge in [-0.2, -0.15) is 0 Å². The molecule has 0 radical (unpaired) electrons. The van der Waals surface area contributed by atoms with Crippen LogP contribution in [0.15, 0.2) is 30.6 Å². The smallest absolute Gasteiger partial charge is 0.122 e. The first-order valence-electron chi connectivity index (χ1n) is 9.21. The molecule has 0 amide bonds. The number of hydrogen-bond acceptors (Lipinski definition) is 4. The molecular weight excluding hydrogens is 310 g/mol. The zero-order valence-electron chi connectivity index (χ0n) is 16.1. The van der Waals surface area contributed by atoms with Crippen LogP contribution in [0.1, 0.15) is 42.4 Å². The molecule has 1 aromatic carbocycles. The van der Waals surface area contributed by atoms with Crippen molar-refractivity contribution in [3.05, 3.63) is 53.1 Å². The maximum Gasteiger partial charge on any atom is 0.122 e. The Morgan fingerprint density at radius 3 is 2.72 bits per heavy atom. The number of aryl methyl sites for hydroxylation is 3. The zero-order valence-corrected chi connectivity index (χ0v) is 16.1. The minimum atomic E-state index is 0.349.